The second-order valence-corrected chi connectivity index (χ2v) is 6.33. The first-order valence-electron chi connectivity index (χ1n) is 8.13. The fourth-order valence-corrected chi connectivity index (χ4v) is 3.04. The molecule has 0 atom stereocenters. The van der Waals surface area contributed by atoms with Crippen LogP contribution in [0.2, 0.25) is 0 Å². The monoisotopic (exact) mass is 483 g/mol. The van der Waals surface area contributed by atoms with Crippen molar-refractivity contribution < 1.29 is 19.2 Å². The van der Waals surface area contributed by atoms with Crippen molar-refractivity contribution in [2.75, 3.05) is 13.2 Å². The minimum absolute atomic E-state index is 0.0593. The Morgan fingerprint density at radius 1 is 1.26 bits per heavy atom. The maximum atomic E-state index is 12.2. The second kappa shape index (κ2) is 9.86. The summed E-state index contributed by atoms with van der Waals surface area (Å²) < 4.78 is 12.0. The van der Waals surface area contributed by atoms with Gasteiger partial charge in [0.05, 0.1) is 27.9 Å². The number of hydrogen-bond acceptors (Lipinski definition) is 6. The molecule has 2 aromatic rings. The zero-order chi connectivity index (χ0) is 19.8. The number of ether oxygens (including phenoxy) is 2. The van der Waals surface area contributed by atoms with Gasteiger partial charge in [0.25, 0.3) is 11.6 Å². The van der Waals surface area contributed by atoms with Gasteiger partial charge in [0.1, 0.15) is 5.56 Å². The number of para-hydroxylation sites is 1. The van der Waals surface area contributed by atoms with E-state index in [4.69, 9.17) is 9.47 Å². The summed E-state index contributed by atoms with van der Waals surface area (Å²) in [6.45, 7) is 4.75. The van der Waals surface area contributed by atoms with Crippen molar-refractivity contribution in [3.8, 4) is 11.5 Å². The van der Waals surface area contributed by atoms with Gasteiger partial charge < -0.3 is 9.47 Å². The lowest BCUT2D eigenvalue weighted by Gasteiger charge is -2.13. The number of benzene rings is 2. The Morgan fingerprint density at radius 2 is 1.96 bits per heavy atom. The molecule has 0 bridgehead atoms. The standard InChI is InChI=1S/C18H18IN3O5/c1-3-26-16-10-12(9-14(19)17(16)27-4-2)11-20-21-18(23)13-7-5-6-8-15(13)22(24)25/h5-11H,3-4H2,1-2H3,(H,21,23)/b20-11-. The van der Waals surface area contributed by atoms with Gasteiger partial charge in [-0.05, 0) is 60.2 Å². The average molecular weight is 483 g/mol. The highest BCUT2D eigenvalue weighted by Crippen LogP contribution is 2.33. The molecule has 142 valence electrons. The summed E-state index contributed by atoms with van der Waals surface area (Å²) in [6, 6.07) is 9.26. The van der Waals surface area contributed by atoms with Gasteiger partial charge in [-0.2, -0.15) is 5.10 Å². The fourth-order valence-electron chi connectivity index (χ4n) is 2.26. The van der Waals surface area contributed by atoms with Crippen molar-refractivity contribution in [2.45, 2.75) is 13.8 Å². The molecule has 0 saturated heterocycles. The second-order valence-electron chi connectivity index (χ2n) is 5.17. The molecule has 0 unspecified atom stereocenters. The number of nitro benzene ring substituents is 1. The van der Waals surface area contributed by atoms with Crippen LogP contribution in [0.15, 0.2) is 41.5 Å². The molecule has 1 N–H and O–H groups in total. The third-order valence-electron chi connectivity index (χ3n) is 3.35. The third kappa shape index (κ3) is 5.39. The lowest BCUT2D eigenvalue weighted by Crippen LogP contribution is -2.19. The van der Waals surface area contributed by atoms with Gasteiger partial charge in [-0.25, -0.2) is 5.43 Å². The molecule has 9 heteroatoms. The summed E-state index contributed by atoms with van der Waals surface area (Å²) in [4.78, 5) is 22.6. The first-order chi connectivity index (χ1) is 13.0. The Balaban J connectivity index is 2.19. The van der Waals surface area contributed by atoms with Crippen LogP contribution >= 0.6 is 22.6 Å². The van der Waals surface area contributed by atoms with E-state index in [0.29, 0.717) is 30.3 Å². The molecule has 0 fully saturated rings. The van der Waals surface area contributed by atoms with Crippen LogP contribution in [-0.2, 0) is 0 Å². The molecule has 27 heavy (non-hydrogen) atoms. The van der Waals surface area contributed by atoms with Crippen molar-refractivity contribution in [3.63, 3.8) is 0 Å². The number of rotatable bonds is 8. The summed E-state index contributed by atoms with van der Waals surface area (Å²) in [5, 5.41) is 14.9. The summed E-state index contributed by atoms with van der Waals surface area (Å²) >= 11 is 2.13. The normalized spacial score (nSPS) is 10.6. The Morgan fingerprint density at radius 3 is 2.63 bits per heavy atom. The maximum Gasteiger partial charge on any atom is 0.282 e. The van der Waals surface area contributed by atoms with Crippen LogP contribution in [0.5, 0.6) is 11.5 Å². The summed E-state index contributed by atoms with van der Waals surface area (Å²) in [5.41, 5.74) is 2.66. The number of carbonyl (C=O) groups is 1. The molecule has 2 aromatic carbocycles. The summed E-state index contributed by atoms with van der Waals surface area (Å²) in [7, 11) is 0. The fraction of sp³-hybridized carbons (Fsp3) is 0.222. The Hall–Kier alpha value is -2.69. The molecule has 0 spiro atoms. The van der Waals surface area contributed by atoms with Gasteiger partial charge in [-0.15, -0.1) is 0 Å². The van der Waals surface area contributed by atoms with Crippen molar-refractivity contribution in [3.05, 3.63) is 61.2 Å². The van der Waals surface area contributed by atoms with E-state index in [1.807, 2.05) is 19.9 Å². The van der Waals surface area contributed by atoms with Crippen LogP contribution in [0.4, 0.5) is 5.69 Å². The van der Waals surface area contributed by atoms with Gasteiger partial charge >= 0.3 is 0 Å². The van der Waals surface area contributed by atoms with Crippen LogP contribution in [-0.4, -0.2) is 30.3 Å². The topological polar surface area (TPSA) is 103 Å². The minimum Gasteiger partial charge on any atom is -0.490 e. The van der Waals surface area contributed by atoms with E-state index in [-0.39, 0.29) is 11.3 Å². The number of nitrogens with zero attached hydrogens (tertiary/aromatic N) is 2. The average Bonchev–Trinajstić information content (AvgIpc) is 2.64. The lowest BCUT2D eigenvalue weighted by atomic mass is 10.2. The lowest BCUT2D eigenvalue weighted by molar-refractivity contribution is -0.385. The molecule has 1 amide bonds. The van der Waals surface area contributed by atoms with Crippen LogP contribution in [0.25, 0.3) is 0 Å². The van der Waals surface area contributed by atoms with Crippen LogP contribution in [0.3, 0.4) is 0 Å². The number of hydrogen-bond donors (Lipinski definition) is 1. The van der Waals surface area contributed by atoms with Gasteiger partial charge in [0.15, 0.2) is 11.5 Å². The zero-order valence-electron chi connectivity index (χ0n) is 14.8. The summed E-state index contributed by atoms with van der Waals surface area (Å²) in [6.07, 6.45) is 1.44. The number of amides is 1. The molecule has 0 heterocycles. The third-order valence-corrected chi connectivity index (χ3v) is 4.15. The molecule has 0 aliphatic rings. The van der Waals surface area contributed by atoms with Crippen LogP contribution in [0.1, 0.15) is 29.8 Å². The predicted molar refractivity (Wildman–Crippen MR) is 110 cm³/mol. The molecular weight excluding hydrogens is 465 g/mol. The van der Waals surface area contributed by atoms with Gasteiger partial charge in [0, 0.05) is 6.07 Å². The highest BCUT2D eigenvalue weighted by atomic mass is 127. The van der Waals surface area contributed by atoms with Crippen molar-refractivity contribution in [2.24, 2.45) is 5.10 Å². The highest BCUT2D eigenvalue weighted by Gasteiger charge is 2.18. The smallest absolute Gasteiger partial charge is 0.282 e. The Bertz CT molecular complexity index is 870. The van der Waals surface area contributed by atoms with E-state index < -0.39 is 10.8 Å². The van der Waals surface area contributed by atoms with E-state index in [2.05, 4.69) is 33.1 Å². The van der Waals surface area contributed by atoms with Crippen molar-refractivity contribution in [1.29, 1.82) is 0 Å². The molecule has 0 aliphatic carbocycles. The molecule has 8 nitrogen and oxygen atoms in total. The molecule has 0 radical (unpaired) electrons. The van der Waals surface area contributed by atoms with Gasteiger partial charge in [-0.3, -0.25) is 14.9 Å². The van der Waals surface area contributed by atoms with Crippen LogP contribution in [0, 0.1) is 13.7 Å². The van der Waals surface area contributed by atoms with E-state index in [9.17, 15) is 14.9 Å². The van der Waals surface area contributed by atoms with E-state index in [0.717, 1.165) is 3.57 Å². The first kappa shape index (κ1) is 20.6. The van der Waals surface area contributed by atoms with Crippen molar-refractivity contribution in [1.82, 2.24) is 5.43 Å². The number of carbonyl (C=O) groups excluding carboxylic acids is 1. The molecular formula is C18H18IN3O5. The molecule has 0 saturated carbocycles. The number of hydrazone groups is 1. The quantitative estimate of drug-likeness (QED) is 0.267. The largest absolute Gasteiger partial charge is 0.490 e. The highest BCUT2D eigenvalue weighted by molar-refractivity contribution is 14.1. The van der Waals surface area contributed by atoms with E-state index in [1.54, 1.807) is 12.1 Å². The Kier molecular flexibility index (Phi) is 7.53. The predicted octanol–water partition coefficient (Wildman–Crippen LogP) is 3.76. The first-order valence-corrected chi connectivity index (χ1v) is 9.21. The molecule has 0 aromatic heterocycles. The maximum absolute atomic E-state index is 12.2. The Labute approximate surface area is 169 Å². The summed E-state index contributed by atoms with van der Waals surface area (Å²) in [5.74, 6) is 0.572. The molecule has 0 aliphatic heterocycles. The van der Waals surface area contributed by atoms with Gasteiger partial charge in [-0.1, -0.05) is 12.1 Å². The minimum atomic E-state index is -0.663. The van der Waals surface area contributed by atoms with Crippen molar-refractivity contribution >= 4 is 40.4 Å². The van der Waals surface area contributed by atoms with Crippen LogP contribution < -0.4 is 14.9 Å². The van der Waals surface area contributed by atoms with E-state index >= 15 is 0 Å². The number of nitro groups is 1. The zero-order valence-corrected chi connectivity index (χ0v) is 16.9. The van der Waals surface area contributed by atoms with Gasteiger partial charge in [0.2, 0.25) is 0 Å². The SMILES string of the molecule is CCOc1cc(/C=N\NC(=O)c2ccccc2[N+](=O)[O-])cc(I)c1OCC. The number of halogens is 1. The van der Waals surface area contributed by atoms with E-state index in [1.165, 1.54) is 24.4 Å². The molecule has 2 rings (SSSR count). The number of nitrogens with one attached hydrogen (secondary N) is 1.